The number of fused-ring (bicyclic) bond motifs is 1. The number of nitrogens with one attached hydrogen (secondary N) is 1. The van der Waals surface area contributed by atoms with Crippen molar-refractivity contribution in [3.05, 3.63) is 47.4 Å². The van der Waals surface area contributed by atoms with Gasteiger partial charge in [0.15, 0.2) is 11.5 Å². The maximum Gasteiger partial charge on any atom is 0.162 e. The number of aromatic nitrogens is 2. The smallest absolute Gasteiger partial charge is 0.162 e. The van der Waals surface area contributed by atoms with Crippen molar-refractivity contribution < 1.29 is 44.6 Å². The predicted octanol–water partition coefficient (Wildman–Crippen LogP) is 4.28. The number of hydrogen-bond donors (Lipinski definition) is 1. The average molecular weight is 466 g/mol. The highest BCUT2D eigenvalue weighted by Gasteiger charge is 2.14. The summed E-state index contributed by atoms with van der Waals surface area (Å²) < 4.78 is 183. The molecular weight excluding hydrogens is 423 g/mol. The lowest BCUT2D eigenvalue weighted by Crippen LogP contribution is -2.37. The van der Waals surface area contributed by atoms with Crippen LogP contribution < -0.4 is 14.8 Å². The highest BCUT2D eigenvalue weighted by atomic mass is 35.5. The minimum Gasteiger partial charge on any atom is -0.493 e. The lowest BCUT2D eigenvalue weighted by molar-refractivity contribution is 0.0357. The van der Waals surface area contributed by atoms with Crippen LogP contribution in [0.25, 0.3) is 10.9 Å². The Morgan fingerprint density at radius 2 is 2.19 bits per heavy atom. The van der Waals surface area contributed by atoms with Gasteiger partial charge in [0.05, 0.1) is 56.4 Å². The Bertz CT molecular complexity index is 1820. The van der Waals surface area contributed by atoms with Crippen LogP contribution in [0.3, 0.4) is 0 Å². The maximum absolute atomic E-state index is 14.3. The SMILES string of the molecule is [2H]c1nc(Nc2c([2H])c([2H])c(F)c(Cl)c2[2H])c2c([2H])c(OC([2H])([2H])C([2H])([2H])C([2H])([2H])N3CC([2H])([2H])OC([2H])([2H])C3)c(OC([2H])([2H])[2H])c([2H])c2n1. The summed E-state index contributed by atoms with van der Waals surface area (Å²) >= 11 is 5.79. The number of anilines is 2. The van der Waals surface area contributed by atoms with E-state index in [0.29, 0.717) is 0 Å². The van der Waals surface area contributed by atoms with Gasteiger partial charge < -0.3 is 19.5 Å². The highest BCUT2D eigenvalue weighted by Crippen LogP contribution is 2.35. The van der Waals surface area contributed by atoms with E-state index in [1.807, 2.05) is 0 Å². The van der Waals surface area contributed by atoms with Gasteiger partial charge in [0.2, 0.25) is 0 Å². The molecule has 1 aliphatic rings. The molecule has 9 heteroatoms. The number of halogens is 2. The van der Waals surface area contributed by atoms with Gasteiger partial charge in [0.1, 0.15) is 19.3 Å². The van der Waals surface area contributed by atoms with Gasteiger partial charge in [-0.25, -0.2) is 14.4 Å². The molecule has 0 unspecified atom stereocenters. The van der Waals surface area contributed by atoms with Crippen molar-refractivity contribution in [1.82, 2.24) is 14.9 Å². The number of morpholine rings is 1. The Labute approximate surface area is 211 Å². The van der Waals surface area contributed by atoms with Crippen molar-refractivity contribution in [2.24, 2.45) is 0 Å². The number of methoxy groups -OCH3 is 1. The second-order valence-corrected chi connectivity index (χ2v) is 5.97. The van der Waals surface area contributed by atoms with Crippen LogP contribution in [-0.2, 0) is 4.74 Å². The van der Waals surface area contributed by atoms with Gasteiger partial charge in [0, 0.05) is 42.2 Å². The standard InChI is InChI=1S/C22H24ClFN4O3/c1-29-20-13-19-16(12-21(20)31-8-2-5-28-6-9-30-10-7-28)22(26-14-25-19)27-15-3-4-18(24)17(23)11-15/h3-4,11-14H,2,5-10H2,1H3,(H,25,26,27)/i1D3,2D2,3D,4D,5D2,8D2,9D2,10D2,11D,12D,13D,14D. The van der Waals surface area contributed by atoms with E-state index in [1.54, 1.807) is 0 Å². The number of nitrogens with zero attached hydrogens (tertiary/aromatic N) is 3. The van der Waals surface area contributed by atoms with E-state index in [9.17, 15) is 4.39 Å². The van der Waals surface area contributed by atoms with Gasteiger partial charge >= 0.3 is 0 Å². The summed E-state index contributed by atoms with van der Waals surface area (Å²) in [7, 11) is -3.45. The molecule has 0 radical (unpaired) electrons. The molecule has 2 aromatic carbocycles. The molecule has 4 rings (SSSR count). The van der Waals surface area contributed by atoms with E-state index in [2.05, 4.69) is 20.0 Å². The van der Waals surface area contributed by atoms with Crippen molar-refractivity contribution in [2.75, 3.05) is 51.6 Å². The summed E-state index contributed by atoms with van der Waals surface area (Å²) in [6.45, 7) is -15.6. The van der Waals surface area contributed by atoms with Crippen LogP contribution in [0.2, 0.25) is 5.02 Å². The first-order chi connectivity index (χ1) is 22.4. The van der Waals surface area contributed by atoms with E-state index in [-0.39, 0.29) is 4.90 Å². The predicted molar refractivity (Wildman–Crippen MR) is 118 cm³/mol. The van der Waals surface area contributed by atoms with Gasteiger partial charge in [-0.3, -0.25) is 4.90 Å². The van der Waals surface area contributed by atoms with Crippen LogP contribution in [0, 0.1) is 5.82 Å². The minimum absolute atomic E-state index is 0.284. The molecule has 0 bridgehead atoms. The van der Waals surface area contributed by atoms with Crippen LogP contribution in [-0.4, -0.2) is 61.2 Å². The molecule has 0 spiro atoms. The summed E-state index contributed by atoms with van der Waals surface area (Å²) in [5.41, 5.74) is -1.43. The number of rotatable bonds is 8. The first-order valence-corrected chi connectivity index (χ1v) is 8.69. The fourth-order valence-electron chi connectivity index (χ4n) is 2.26. The first kappa shape index (κ1) is 8.35. The van der Waals surface area contributed by atoms with Crippen LogP contribution in [0.5, 0.6) is 11.5 Å². The molecule has 31 heavy (non-hydrogen) atoms. The molecular formula is C22H24ClFN4O3. The maximum atomic E-state index is 14.3. The van der Waals surface area contributed by atoms with Gasteiger partial charge in [-0.1, -0.05) is 11.6 Å². The molecule has 2 heterocycles. The minimum atomic E-state index is -3.99. The third kappa shape index (κ3) is 5.33. The zero-order chi connectivity index (χ0) is 38.3. The van der Waals surface area contributed by atoms with Gasteiger partial charge in [-0.15, -0.1) is 0 Å². The molecule has 1 aromatic heterocycles. The summed E-state index contributed by atoms with van der Waals surface area (Å²) in [5.74, 6) is -4.76. The van der Waals surface area contributed by atoms with Crippen LogP contribution in [0.4, 0.5) is 15.9 Å². The third-order valence-corrected chi connectivity index (χ3v) is 3.88. The molecule has 0 amide bonds. The third-order valence-electron chi connectivity index (χ3n) is 3.62. The van der Waals surface area contributed by atoms with Crippen molar-refractivity contribution in [3.63, 3.8) is 0 Å². The monoisotopic (exact) mass is 465 g/mol. The zero-order valence-corrected chi connectivity index (χ0v) is 16.0. The number of benzene rings is 2. The van der Waals surface area contributed by atoms with E-state index >= 15 is 0 Å². The Hall–Kier alpha value is -2.68. The molecule has 164 valence electrons. The van der Waals surface area contributed by atoms with Gasteiger partial charge in [0.25, 0.3) is 0 Å². The van der Waals surface area contributed by atoms with Crippen molar-refractivity contribution in [2.45, 2.75) is 6.37 Å². The van der Waals surface area contributed by atoms with Crippen molar-refractivity contribution >= 4 is 34.0 Å². The molecule has 7 nitrogen and oxygen atoms in total. The van der Waals surface area contributed by atoms with Crippen LogP contribution in [0.1, 0.15) is 32.4 Å². The summed E-state index contributed by atoms with van der Waals surface area (Å²) in [4.78, 5) is 7.71. The zero-order valence-electron chi connectivity index (χ0n) is 34.2. The summed E-state index contributed by atoms with van der Waals surface area (Å²) in [5, 5.41) is 0.694. The fraction of sp³-hybridized carbons (Fsp3) is 0.364. The summed E-state index contributed by atoms with van der Waals surface area (Å²) in [6, 6.07) is -5.19. The Kier molecular flexibility index (Phi) is 2.72. The molecule has 1 fully saturated rings. The first-order valence-electron chi connectivity index (χ1n) is 17.8. The van der Waals surface area contributed by atoms with Crippen LogP contribution >= 0.6 is 11.6 Å². The molecule has 0 saturated carbocycles. The lowest BCUT2D eigenvalue weighted by atomic mass is 10.2. The molecule has 1 aliphatic heterocycles. The lowest BCUT2D eigenvalue weighted by Gasteiger charge is -2.26. The molecule has 0 atom stereocenters. The molecule has 0 aliphatic carbocycles. The topological polar surface area (TPSA) is 68.7 Å². The fourth-order valence-corrected chi connectivity index (χ4v) is 2.40. The number of hydrogen-bond acceptors (Lipinski definition) is 7. The largest absolute Gasteiger partial charge is 0.493 e. The normalized spacial score (nSPS) is 28.5. The molecule has 3 aromatic rings. The van der Waals surface area contributed by atoms with Crippen molar-refractivity contribution in [1.29, 1.82) is 0 Å². The molecule has 1 N–H and O–H groups in total. The van der Waals surface area contributed by atoms with E-state index < -0.39 is 134 Å². The Balaban J connectivity index is 1.96. The van der Waals surface area contributed by atoms with E-state index in [1.165, 1.54) is 0 Å². The Morgan fingerprint density at radius 3 is 3.03 bits per heavy atom. The Morgan fingerprint density at radius 1 is 1.32 bits per heavy atom. The van der Waals surface area contributed by atoms with E-state index in [4.69, 9.17) is 47.1 Å². The van der Waals surface area contributed by atoms with Gasteiger partial charge in [-0.2, -0.15) is 0 Å². The van der Waals surface area contributed by atoms with Gasteiger partial charge in [-0.05, 0) is 30.5 Å². The average Bonchev–Trinajstić information content (AvgIpc) is 2.95. The quantitative estimate of drug-likeness (QED) is 0.532. The summed E-state index contributed by atoms with van der Waals surface area (Å²) in [6.07, 6.45) is -4.85. The molecule has 1 saturated heterocycles. The second-order valence-electron chi connectivity index (χ2n) is 5.60. The number of ether oxygens (including phenoxy) is 3. The van der Waals surface area contributed by atoms with Crippen LogP contribution in [0.15, 0.2) is 36.5 Å². The van der Waals surface area contributed by atoms with E-state index in [0.717, 1.165) is 0 Å². The van der Waals surface area contributed by atoms with Crippen molar-refractivity contribution in [3.8, 4) is 11.5 Å². The second kappa shape index (κ2) is 10.1. The highest BCUT2D eigenvalue weighted by molar-refractivity contribution is 6.31.